The lowest BCUT2D eigenvalue weighted by atomic mass is 10.0. The third-order valence-electron chi connectivity index (χ3n) is 4.50. The van der Waals surface area contributed by atoms with E-state index >= 15 is 0 Å². The fraction of sp³-hybridized carbons (Fsp3) is 0.235. The van der Waals surface area contributed by atoms with Gasteiger partial charge in [0.25, 0.3) is 11.4 Å². The quantitative estimate of drug-likeness (QED) is 0.405. The minimum Gasteiger partial charge on any atom is -0.622 e. The molecule has 1 aliphatic heterocycles. The normalized spacial score (nSPS) is 24.4. The van der Waals surface area contributed by atoms with Crippen molar-refractivity contribution in [1.82, 2.24) is 5.06 Å². The highest BCUT2D eigenvalue weighted by atomic mass is 16.6. The number of hydroxylamine groups is 3. The molecule has 1 N–H and O–H groups in total. The summed E-state index contributed by atoms with van der Waals surface area (Å²) in [7, 11) is 0. The number of nitrogens with zero attached hydrogens (tertiary/aromatic N) is 3. The van der Waals surface area contributed by atoms with Gasteiger partial charge in [-0.15, -0.1) is 5.06 Å². The Morgan fingerprint density at radius 1 is 1.21 bits per heavy atom. The fourth-order valence-corrected chi connectivity index (χ4v) is 3.12. The molecule has 7 nitrogen and oxygen atoms in total. The molecule has 0 radical (unpaired) electrons. The number of hydrogen-bond acceptors (Lipinski definition) is 5. The van der Waals surface area contributed by atoms with Crippen LogP contribution in [0.1, 0.15) is 25.0 Å². The van der Waals surface area contributed by atoms with E-state index in [4.69, 9.17) is 0 Å². The molecule has 0 fully saturated rings. The maximum atomic E-state index is 13.0. The van der Waals surface area contributed by atoms with Crippen molar-refractivity contribution in [3.05, 3.63) is 81.0 Å². The summed E-state index contributed by atoms with van der Waals surface area (Å²) < 4.78 is 0.728. The maximum Gasteiger partial charge on any atom is 0.274 e. The average molecular weight is 327 g/mol. The molecule has 0 aromatic heterocycles. The number of nitro groups is 1. The zero-order chi connectivity index (χ0) is 17.5. The second-order valence-corrected chi connectivity index (χ2v) is 5.89. The third-order valence-corrected chi connectivity index (χ3v) is 4.50. The van der Waals surface area contributed by atoms with Crippen LogP contribution in [0, 0.1) is 15.3 Å². The van der Waals surface area contributed by atoms with E-state index < -0.39 is 16.6 Å². The van der Waals surface area contributed by atoms with Crippen molar-refractivity contribution >= 4 is 11.4 Å². The molecule has 0 unspecified atom stereocenters. The molecular formula is C17H17N3O4. The van der Waals surface area contributed by atoms with Gasteiger partial charge in [0.15, 0.2) is 0 Å². The van der Waals surface area contributed by atoms with E-state index in [9.17, 15) is 20.5 Å². The number of rotatable bonds is 3. The largest absolute Gasteiger partial charge is 0.622 e. The summed E-state index contributed by atoms with van der Waals surface area (Å²) >= 11 is 0. The van der Waals surface area contributed by atoms with Crippen LogP contribution < -0.4 is 0 Å². The van der Waals surface area contributed by atoms with Crippen molar-refractivity contribution in [2.75, 3.05) is 0 Å². The zero-order valence-corrected chi connectivity index (χ0v) is 13.3. The van der Waals surface area contributed by atoms with Crippen molar-refractivity contribution < 1.29 is 14.9 Å². The van der Waals surface area contributed by atoms with E-state index in [-0.39, 0.29) is 5.69 Å². The highest BCUT2D eigenvalue weighted by Gasteiger charge is 2.54. The number of non-ortho nitro benzene ring substituents is 1. The summed E-state index contributed by atoms with van der Waals surface area (Å²) in [4.78, 5) is 10.5. The van der Waals surface area contributed by atoms with Crippen LogP contribution in [0.15, 0.2) is 54.6 Å². The molecular weight excluding hydrogens is 310 g/mol. The summed E-state index contributed by atoms with van der Waals surface area (Å²) in [6.45, 7) is 3.27. The molecule has 0 amide bonds. The smallest absolute Gasteiger partial charge is 0.274 e. The second-order valence-electron chi connectivity index (χ2n) is 5.89. The molecule has 24 heavy (non-hydrogen) atoms. The summed E-state index contributed by atoms with van der Waals surface area (Å²) in [6, 6.07) is 14.3. The highest BCUT2D eigenvalue weighted by molar-refractivity contribution is 6.01. The predicted molar refractivity (Wildman–Crippen MR) is 87.7 cm³/mol. The first-order valence-electron chi connectivity index (χ1n) is 7.50. The topological polar surface area (TPSA) is 92.7 Å². The van der Waals surface area contributed by atoms with Gasteiger partial charge < -0.3 is 10.4 Å². The van der Waals surface area contributed by atoms with Gasteiger partial charge in [0, 0.05) is 30.2 Å². The maximum absolute atomic E-state index is 13.0. The van der Waals surface area contributed by atoms with Crippen molar-refractivity contribution in [1.29, 1.82) is 0 Å². The molecule has 7 heteroatoms. The summed E-state index contributed by atoms with van der Waals surface area (Å²) in [5, 5.41) is 35.6. The molecule has 124 valence electrons. The Balaban J connectivity index is 2.17. The van der Waals surface area contributed by atoms with Gasteiger partial charge in [-0.05, 0) is 25.1 Å². The molecule has 1 aliphatic rings. The molecule has 0 bridgehead atoms. The van der Waals surface area contributed by atoms with Crippen LogP contribution in [-0.2, 0) is 5.66 Å². The van der Waals surface area contributed by atoms with Gasteiger partial charge in [-0.25, -0.2) is 0 Å². The van der Waals surface area contributed by atoms with E-state index in [1.54, 1.807) is 32.0 Å². The van der Waals surface area contributed by atoms with Crippen molar-refractivity contribution in [2.45, 2.75) is 25.6 Å². The monoisotopic (exact) mass is 327 g/mol. The van der Waals surface area contributed by atoms with Gasteiger partial charge in [0.2, 0.25) is 5.71 Å². The lowest BCUT2D eigenvalue weighted by Gasteiger charge is -2.29. The average Bonchev–Trinajstić information content (AvgIpc) is 2.77. The van der Waals surface area contributed by atoms with E-state index in [2.05, 4.69) is 0 Å². The SMILES string of the molecule is C[C@H]1C(c2ccccc2)=[N+]([O-])[C@](C)(c2cccc([N+](=O)[O-])c2)N1O. The predicted octanol–water partition coefficient (Wildman–Crippen LogP) is 2.86. The van der Waals surface area contributed by atoms with Gasteiger partial charge in [0.05, 0.1) is 4.92 Å². The van der Waals surface area contributed by atoms with Crippen LogP contribution in [0.25, 0.3) is 0 Å². The van der Waals surface area contributed by atoms with Gasteiger partial charge in [0.1, 0.15) is 6.04 Å². The fourth-order valence-electron chi connectivity index (χ4n) is 3.12. The van der Waals surface area contributed by atoms with Crippen LogP contribution in [0.3, 0.4) is 0 Å². The molecule has 2 aromatic rings. The standard InChI is InChI=1S/C17H17N3O4/c1-12-16(13-7-4-3-5-8-13)19(22)17(2,18(12)21)14-9-6-10-15(11-14)20(23)24/h3-12,21H,1-2H3/t12-,17+/m0/s1. The zero-order valence-electron chi connectivity index (χ0n) is 13.3. The first-order chi connectivity index (χ1) is 11.4. The Morgan fingerprint density at radius 2 is 1.88 bits per heavy atom. The van der Waals surface area contributed by atoms with Crippen LogP contribution >= 0.6 is 0 Å². The first-order valence-corrected chi connectivity index (χ1v) is 7.50. The van der Waals surface area contributed by atoms with Crippen LogP contribution in [0.5, 0.6) is 0 Å². The van der Waals surface area contributed by atoms with E-state index in [0.29, 0.717) is 16.8 Å². The second kappa shape index (κ2) is 5.70. The molecule has 0 saturated carbocycles. The van der Waals surface area contributed by atoms with Gasteiger partial charge >= 0.3 is 0 Å². The minimum atomic E-state index is -1.45. The Labute approximate surface area is 138 Å². The van der Waals surface area contributed by atoms with Crippen LogP contribution in [-0.4, -0.2) is 31.7 Å². The van der Waals surface area contributed by atoms with Crippen molar-refractivity contribution in [3.8, 4) is 0 Å². The number of benzene rings is 2. The van der Waals surface area contributed by atoms with Gasteiger partial charge in [-0.1, -0.05) is 24.3 Å². The lowest BCUT2D eigenvalue weighted by molar-refractivity contribution is -0.595. The molecule has 0 spiro atoms. The minimum absolute atomic E-state index is 0.128. The van der Waals surface area contributed by atoms with Crippen molar-refractivity contribution in [2.24, 2.45) is 0 Å². The third kappa shape index (κ3) is 2.26. The van der Waals surface area contributed by atoms with Gasteiger partial charge in [-0.2, -0.15) is 4.74 Å². The Bertz CT molecular complexity index is 822. The molecule has 2 aromatic carbocycles. The first kappa shape index (κ1) is 16.1. The van der Waals surface area contributed by atoms with Crippen LogP contribution in [0.2, 0.25) is 0 Å². The van der Waals surface area contributed by atoms with Crippen LogP contribution in [0.4, 0.5) is 5.69 Å². The van der Waals surface area contributed by atoms with Gasteiger partial charge in [-0.3, -0.25) is 10.1 Å². The molecule has 3 rings (SSSR count). The van der Waals surface area contributed by atoms with E-state index in [1.807, 2.05) is 18.2 Å². The Morgan fingerprint density at radius 3 is 2.50 bits per heavy atom. The molecule has 0 saturated heterocycles. The molecule has 1 heterocycles. The lowest BCUT2D eigenvalue weighted by Crippen LogP contribution is -2.45. The molecule has 2 atom stereocenters. The summed E-state index contributed by atoms with van der Waals surface area (Å²) in [5.74, 6) is 0. The summed E-state index contributed by atoms with van der Waals surface area (Å²) in [5.41, 5.74) is -0.111. The number of nitro benzene ring substituents is 1. The van der Waals surface area contributed by atoms with E-state index in [1.165, 1.54) is 18.2 Å². The highest BCUT2D eigenvalue weighted by Crippen LogP contribution is 2.37. The molecule has 0 aliphatic carbocycles. The number of hydrogen-bond donors (Lipinski definition) is 1. The Hall–Kier alpha value is -2.77. The van der Waals surface area contributed by atoms with E-state index in [0.717, 1.165) is 9.80 Å². The Kier molecular flexibility index (Phi) is 3.82. The van der Waals surface area contributed by atoms with Crippen molar-refractivity contribution in [3.63, 3.8) is 0 Å². The summed E-state index contributed by atoms with van der Waals surface area (Å²) in [6.07, 6.45) is 0.